The van der Waals surface area contributed by atoms with E-state index in [9.17, 15) is 0 Å². The van der Waals surface area contributed by atoms with E-state index in [1.807, 2.05) is 25.9 Å². The molecule has 0 spiro atoms. The molecule has 1 atom stereocenters. The number of nitrogens with zero attached hydrogens (tertiary/aromatic N) is 3. The van der Waals surface area contributed by atoms with Crippen molar-refractivity contribution >= 4 is 0 Å². The van der Waals surface area contributed by atoms with Crippen molar-refractivity contribution in [2.75, 3.05) is 14.1 Å². The highest BCUT2D eigenvalue weighted by atomic mass is 15.1. The highest BCUT2D eigenvalue weighted by Crippen LogP contribution is 2.13. The number of aromatic amines is 1. The summed E-state index contributed by atoms with van der Waals surface area (Å²) in [5.74, 6) is 0.840. The van der Waals surface area contributed by atoms with Crippen LogP contribution in [0.5, 0.6) is 0 Å². The molecule has 4 nitrogen and oxygen atoms in total. The number of nitrogens with one attached hydrogen (secondary N) is 1. The Labute approximate surface area is 71.8 Å². The zero-order chi connectivity index (χ0) is 9.14. The van der Waals surface area contributed by atoms with E-state index in [-0.39, 0.29) is 6.04 Å². The molecule has 0 fully saturated rings. The molecule has 1 unspecified atom stereocenters. The Hall–Kier alpha value is -1.34. The molecule has 4 heteroatoms. The molecular weight excluding hydrogens is 152 g/mol. The SMILES string of the molecule is Cc1ncc(C(C#N)N(C)C)[nH]1. The Morgan fingerprint density at radius 2 is 2.33 bits per heavy atom. The second-order valence-electron chi connectivity index (χ2n) is 2.92. The molecule has 1 rings (SSSR count). The van der Waals surface area contributed by atoms with Crippen molar-refractivity contribution in [3.63, 3.8) is 0 Å². The Balaban J connectivity index is 2.89. The van der Waals surface area contributed by atoms with Gasteiger partial charge in [-0.2, -0.15) is 5.26 Å². The van der Waals surface area contributed by atoms with E-state index in [2.05, 4.69) is 16.0 Å². The van der Waals surface area contributed by atoms with Gasteiger partial charge in [-0.25, -0.2) is 4.98 Å². The van der Waals surface area contributed by atoms with Crippen molar-refractivity contribution in [2.45, 2.75) is 13.0 Å². The number of aryl methyl sites for hydroxylation is 1. The van der Waals surface area contributed by atoms with Gasteiger partial charge in [0.05, 0.1) is 18.0 Å². The number of hydrogen-bond acceptors (Lipinski definition) is 3. The molecule has 1 N–H and O–H groups in total. The molecule has 0 saturated heterocycles. The maximum absolute atomic E-state index is 8.82. The number of hydrogen-bond donors (Lipinski definition) is 1. The summed E-state index contributed by atoms with van der Waals surface area (Å²) in [6, 6.07) is 1.96. The number of aromatic nitrogens is 2. The van der Waals surface area contributed by atoms with Crippen LogP contribution in [0.3, 0.4) is 0 Å². The smallest absolute Gasteiger partial charge is 0.139 e. The first-order valence-electron chi connectivity index (χ1n) is 3.72. The molecule has 0 aromatic carbocycles. The number of imidazole rings is 1. The van der Waals surface area contributed by atoms with Crippen LogP contribution in [-0.4, -0.2) is 29.0 Å². The lowest BCUT2D eigenvalue weighted by Gasteiger charge is -2.14. The minimum Gasteiger partial charge on any atom is -0.344 e. The first-order chi connectivity index (χ1) is 5.65. The molecule has 1 aromatic rings. The van der Waals surface area contributed by atoms with Crippen molar-refractivity contribution in [2.24, 2.45) is 0 Å². The molecule has 0 saturated carbocycles. The minimum atomic E-state index is -0.230. The van der Waals surface area contributed by atoms with Gasteiger partial charge in [-0.15, -0.1) is 0 Å². The van der Waals surface area contributed by atoms with E-state index >= 15 is 0 Å². The molecule has 0 aliphatic heterocycles. The third-order valence-corrected chi connectivity index (χ3v) is 1.66. The number of rotatable bonds is 2. The van der Waals surface area contributed by atoms with Crippen LogP contribution < -0.4 is 0 Å². The van der Waals surface area contributed by atoms with Crippen LogP contribution in [0.25, 0.3) is 0 Å². The van der Waals surface area contributed by atoms with E-state index in [0.717, 1.165) is 11.5 Å². The lowest BCUT2D eigenvalue weighted by molar-refractivity contribution is 0.353. The maximum atomic E-state index is 8.82. The lowest BCUT2D eigenvalue weighted by atomic mass is 10.2. The summed E-state index contributed by atoms with van der Waals surface area (Å²) in [5, 5.41) is 8.82. The molecule has 0 aliphatic carbocycles. The third kappa shape index (κ3) is 1.63. The summed E-state index contributed by atoms with van der Waals surface area (Å²) in [6.45, 7) is 1.87. The van der Waals surface area contributed by atoms with Crippen molar-refractivity contribution in [1.29, 1.82) is 5.26 Å². The van der Waals surface area contributed by atoms with Crippen LogP contribution >= 0.6 is 0 Å². The first kappa shape index (κ1) is 8.75. The summed E-state index contributed by atoms with van der Waals surface area (Å²) >= 11 is 0. The Kier molecular flexibility index (Phi) is 2.46. The van der Waals surface area contributed by atoms with Gasteiger partial charge in [0.15, 0.2) is 0 Å². The third-order valence-electron chi connectivity index (χ3n) is 1.66. The summed E-state index contributed by atoms with van der Waals surface area (Å²) in [5.41, 5.74) is 0.847. The van der Waals surface area contributed by atoms with Gasteiger partial charge in [0.25, 0.3) is 0 Å². The van der Waals surface area contributed by atoms with Gasteiger partial charge in [-0.05, 0) is 21.0 Å². The molecule has 0 aliphatic rings. The predicted octanol–water partition coefficient (Wildman–Crippen LogP) is 0.844. The minimum absolute atomic E-state index is 0.230. The summed E-state index contributed by atoms with van der Waals surface area (Å²) in [7, 11) is 3.73. The van der Waals surface area contributed by atoms with Crippen LogP contribution in [0.1, 0.15) is 17.6 Å². The van der Waals surface area contributed by atoms with Gasteiger partial charge in [-0.3, -0.25) is 4.90 Å². The lowest BCUT2D eigenvalue weighted by Crippen LogP contribution is -2.18. The van der Waals surface area contributed by atoms with Gasteiger partial charge in [0, 0.05) is 0 Å². The van der Waals surface area contributed by atoms with E-state index in [1.54, 1.807) is 6.20 Å². The van der Waals surface area contributed by atoms with E-state index in [4.69, 9.17) is 5.26 Å². The molecule has 1 heterocycles. The normalized spacial score (nSPS) is 12.9. The van der Waals surface area contributed by atoms with Gasteiger partial charge >= 0.3 is 0 Å². The highest BCUT2D eigenvalue weighted by Gasteiger charge is 2.14. The molecule has 0 amide bonds. The fraction of sp³-hybridized carbons (Fsp3) is 0.500. The van der Waals surface area contributed by atoms with Gasteiger partial charge in [-0.1, -0.05) is 0 Å². The standard InChI is InChI=1S/C8H12N4/c1-6-10-5-7(11-6)8(4-9)12(2)3/h5,8H,1-3H3,(H,10,11). The zero-order valence-corrected chi connectivity index (χ0v) is 7.50. The zero-order valence-electron chi connectivity index (χ0n) is 7.50. The van der Waals surface area contributed by atoms with Crippen molar-refractivity contribution < 1.29 is 0 Å². The van der Waals surface area contributed by atoms with Crippen LogP contribution in [0.2, 0.25) is 0 Å². The van der Waals surface area contributed by atoms with Gasteiger partial charge in [0.1, 0.15) is 11.9 Å². The first-order valence-corrected chi connectivity index (χ1v) is 3.72. The molecule has 64 valence electrons. The van der Waals surface area contributed by atoms with Crippen LogP contribution in [0.15, 0.2) is 6.20 Å². The van der Waals surface area contributed by atoms with Crippen molar-refractivity contribution in [1.82, 2.24) is 14.9 Å². The predicted molar refractivity (Wildman–Crippen MR) is 45.4 cm³/mol. The topological polar surface area (TPSA) is 55.7 Å². The molecule has 0 radical (unpaired) electrons. The number of nitriles is 1. The van der Waals surface area contributed by atoms with Crippen LogP contribution in [0.4, 0.5) is 0 Å². The molecule has 1 aromatic heterocycles. The maximum Gasteiger partial charge on any atom is 0.139 e. The largest absolute Gasteiger partial charge is 0.344 e. The van der Waals surface area contributed by atoms with E-state index in [1.165, 1.54) is 0 Å². The fourth-order valence-electron chi connectivity index (χ4n) is 1.04. The summed E-state index contributed by atoms with van der Waals surface area (Å²) < 4.78 is 0. The van der Waals surface area contributed by atoms with Gasteiger partial charge in [0.2, 0.25) is 0 Å². The van der Waals surface area contributed by atoms with E-state index in [0.29, 0.717) is 0 Å². The van der Waals surface area contributed by atoms with Crippen molar-refractivity contribution in [3.8, 4) is 6.07 Å². The second kappa shape index (κ2) is 3.37. The average Bonchev–Trinajstić information content (AvgIpc) is 2.37. The molecular formula is C8H12N4. The van der Waals surface area contributed by atoms with Crippen LogP contribution in [0, 0.1) is 18.3 Å². The average molecular weight is 164 g/mol. The monoisotopic (exact) mass is 164 g/mol. The highest BCUT2D eigenvalue weighted by molar-refractivity contribution is 5.13. The quantitative estimate of drug-likeness (QED) is 0.704. The second-order valence-corrected chi connectivity index (χ2v) is 2.92. The number of H-pyrrole nitrogens is 1. The Morgan fingerprint density at radius 1 is 1.67 bits per heavy atom. The Bertz CT molecular complexity index is 294. The summed E-state index contributed by atoms with van der Waals surface area (Å²) in [6.07, 6.45) is 1.70. The Morgan fingerprint density at radius 3 is 2.67 bits per heavy atom. The molecule has 12 heavy (non-hydrogen) atoms. The van der Waals surface area contributed by atoms with Gasteiger partial charge < -0.3 is 4.98 Å². The fourth-order valence-corrected chi connectivity index (χ4v) is 1.04. The van der Waals surface area contributed by atoms with Crippen molar-refractivity contribution in [3.05, 3.63) is 17.7 Å². The van der Waals surface area contributed by atoms with Crippen LogP contribution in [-0.2, 0) is 0 Å². The molecule has 0 bridgehead atoms. The summed E-state index contributed by atoms with van der Waals surface area (Å²) in [4.78, 5) is 8.91. The van der Waals surface area contributed by atoms with E-state index < -0.39 is 0 Å².